The van der Waals surface area contributed by atoms with Crippen LogP contribution in [0, 0.1) is 6.92 Å². The molecule has 0 saturated carbocycles. The molecule has 1 unspecified atom stereocenters. The number of nitrogens with zero attached hydrogens (tertiary/aromatic N) is 3. The Morgan fingerprint density at radius 3 is 2.24 bits per heavy atom. The van der Waals surface area contributed by atoms with Crippen molar-refractivity contribution < 1.29 is 13.2 Å². The molecule has 4 aromatic rings. The molecular weight excluding hydrogens is 485 g/mol. The third-order valence-corrected chi connectivity index (χ3v) is 6.96. The Morgan fingerprint density at radius 2 is 1.53 bits per heavy atom. The molecule has 0 aliphatic carbocycles. The minimum Gasteiger partial charge on any atom is -0.367 e. The van der Waals surface area contributed by atoms with Crippen LogP contribution in [0.1, 0.15) is 44.7 Å². The lowest BCUT2D eigenvalue weighted by Gasteiger charge is -2.21. The van der Waals surface area contributed by atoms with Crippen LogP contribution in [0.2, 0.25) is 0 Å². The van der Waals surface area contributed by atoms with Crippen LogP contribution in [0.15, 0.2) is 66.7 Å². The highest BCUT2D eigenvalue weighted by Gasteiger charge is 2.30. The van der Waals surface area contributed by atoms with E-state index >= 15 is 0 Å². The number of anilines is 1. The number of para-hydroxylation sites is 1. The van der Waals surface area contributed by atoms with Crippen LogP contribution in [-0.4, -0.2) is 40.5 Å². The standard InChI is InChI=1S/C31H35F3N4/c1-5-38(6-2)18-10-12-22(4)35-30-27-17-7-11-21(3)28(27)36-29(37-30)25-15-8-13-23(19-25)24-14-9-16-26(20-24)31(32,33)34/h7-9,11,13-17,19-20,22H,5-6,10,12,18H2,1-4H3,(H,35,36,37). The summed E-state index contributed by atoms with van der Waals surface area (Å²) in [6.45, 7) is 11.7. The Labute approximate surface area is 222 Å². The first kappa shape index (κ1) is 27.6. The van der Waals surface area contributed by atoms with E-state index in [-0.39, 0.29) is 6.04 Å². The maximum Gasteiger partial charge on any atom is 0.416 e. The predicted octanol–water partition coefficient (Wildman–Crippen LogP) is 8.21. The van der Waals surface area contributed by atoms with Crippen molar-refractivity contribution in [1.82, 2.24) is 14.9 Å². The van der Waals surface area contributed by atoms with Crippen LogP contribution in [0.5, 0.6) is 0 Å². The molecule has 0 aliphatic heterocycles. The Bertz CT molecular complexity index is 1380. The van der Waals surface area contributed by atoms with E-state index in [9.17, 15) is 13.2 Å². The first-order valence-corrected chi connectivity index (χ1v) is 13.2. The van der Waals surface area contributed by atoms with Crippen molar-refractivity contribution in [2.75, 3.05) is 25.0 Å². The summed E-state index contributed by atoms with van der Waals surface area (Å²) in [5.74, 6) is 1.31. The molecule has 1 N–H and O–H groups in total. The minimum absolute atomic E-state index is 0.216. The summed E-state index contributed by atoms with van der Waals surface area (Å²) >= 11 is 0. The van der Waals surface area contributed by atoms with Gasteiger partial charge in [-0.3, -0.25) is 0 Å². The molecule has 7 heteroatoms. The number of rotatable bonds is 10. The number of aromatic nitrogens is 2. The highest BCUT2D eigenvalue weighted by molar-refractivity contribution is 5.92. The zero-order valence-corrected chi connectivity index (χ0v) is 22.4. The van der Waals surface area contributed by atoms with Crippen molar-refractivity contribution in [1.29, 1.82) is 0 Å². The molecule has 1 atom stereocenters. The molecule has 1 heterocycles. The van der Waals surface area contributed by atoms with Crippen LogP contribution in [0.25, 0.3) is 33.4 Å². The fraction of sp³-hybridized carbons (Fsp3) is 0.355. The van der Waals surface area contributed by atoms with E-state index in [0.29, 0.717) is 17.0 Å². The third kappa shape index (κ3) is 6.51. The zero-order chi connectivity index (χ0) is 27.3. The summed E-state index contributed by atoms with van der Waals surface area (Å²) in [6.07, 6.45) is -2.30. The summed E-state index contributed by atoms with van der Waals surface area (Å²) in [5, 5.41) is 4.56. The number of aryl methyl sites for hydroxylation is 1. The Morgan fingerprint density at radius 1 is 0.868 bits per heavy atom. The molecule has 0 saturated heterocycles. The number of halogens is 3. The average Bonchev–Trinajstić information content (AvgIpc) is 2.91. The molecule has 0 fully saturated rings. The van der Waals surface area contributed by atoms with Gasteiger partial charge in [0.25, 0.3) is 0 Å². The van der Waals surface area contributed by atoms with Gasteiger partial charge in [0.05, 0.1) is 11.1 Å². The molecule has 1 aromatic heterocycles. The van der Waals surface area contributed by atoms with E-state index in [0.717, 1.165) is 66.4 Å². The molecule has 3 aromatic carbocycles. The highest BCUT2D eigenvalue weighted by atomic mass is 19.4. The second-order valence-corrected chi connectivity index (χ2v) is 9.74. The molecule has 0 aliphatic rings. The maximum absolute atomic E-state index is 13.3. The van der Waals surface area contributed by atoms with Gasteiger partial charge in [0.2, 0.25) is 0 Å². The Kier molecular flexibility index (Phi) is 8.67. The molecule has 0 spiro atoms. The van der Waals surface area contributed by atoms with E-state index < -0.39 is 11.7 Å². The predicted molar refractivity (Wildman–Crippen MR) is 150 cm³/mol. The SMILES string of the molecule is CCN(CC)CCCC(C)Nc1nc(-c2cccc(-c3cccc(C(F)(F)F)c3)c2)nc2c(C)cccc12. The number of hydrogen-bond donors (Lipinski definition) is 1. The first-order valence-electron chi connectivity index (χ1n) is 13.2. The van der Waals surface area contributed by atoms with Gasteiger partial charge in [0.15, 0.2) is 5.82 Å². The van der Waals surface area contributed by atoms with E-state index in [1.165, 1.54) is 12.1 Å². The summed E-state index contributed by atoms with van der Waals surface area (Å²) < 4.78 is 39.9. The smallest absolute Gasteiger partial charge is 0.367 e. The zero-order valence-electron chi connectivity index (χ0n) is 22.4. The van der Waals surface area contributed by atoms with Crippen molar-refractivity contribution in [3.63, 3.8) is 0 Å². The summed E-state index contributed by atoms with van der Waals surface area (Å²) in [6, 6.07) is 19.0. The van der Waals surface area contributed by atoms with Gasteiger partial charge < -0.3 is 10.2 Å². The van der Waals surface area contributed by atoms with Gasteiger partial charge in [-0.25, -0.2) is 9.97 Å². The van der Waals surface area contributed by atoms with Crippen LogP contribution in [0.3, 0.4) is 0 Å². The molecule has 4 rings (SSSR count). The number of hydrogen-bond acceptors (Lipinski definition) is 4. The highest BCUT2D eigenvalue weighted by Crippen LogP contribution is 2.34. The quantitative estimate of drug-likeness (QED) is 0.229. The van der Waals surface area contributed by atoms with Crippen LogP contribution < -0.4 is 5.32 Å². The first-order chi connectivity index (χ1) is 18.2. The van der Waals surface area contributed by atoms with Crippen molar-refractivity contribution in [2.24, 2.45) is 0 Å². The topological polar surface area (TPSA) is 41.0 Å². The van der Waals surface area contributed by atoms with E-state index in [1.54, 1.807) is 6.07 Å². The number of nitrogens with one attached hydrogen (secondary N) is 1. The average molecular weight is 521 g/mol. The normalized spacial score (nSPS) is 12.7. The van der Waals surface area contributed by atoms with E-state index in [1.807, 2.05) is 49.4 Å². The van der Waals surface area contributed by atoms with Gasteiger partial charge in [0.1, 0.15) is 5.82 Å². The maximum atomic E-state index is 13.3. The van der Waals surface area contributed by atoms with Crippen LogP contribution in [0.4, 0.5) is 19.0 Å². The van der Waals surface area contributed by atoms with Gasteiger partial charge in [-0.05, 0) is 87.3 Å². The molecule has 200 valence electrons. The second kappa shape index (κ2) is 11.9. The van der Waals surface area contributed by atoms with Gasteiger partial charge in [0, 0.05) is 17.0 Å². The number of alkyl halides is 3. The summed E-state index contributed by atoms with van der Waals surface area (Å²) in [5.41, 5.74) is 3.17. The van der Waals surface area contributed by atoms with Crippen molar-refractivity contribution in [3.05, 3.63) is 77.9 Å². The lowest BCUT2D eigenvalue weighted by Crippen LogP contribution is -2.25. The van der Waals surface area contributed by atoms with Crippen molar-refractivity contribution in [3.8, 4) is 22.5 Å². The fourth-order valence-corrected chi connectivity index (χ4v) is 4.71. The van der Waals surface area contributed by atoms with E-state index in [2.05, 4.69) is 31.0 Å². The molecule has 0 radical (unpaired) electrons. The van der Waals surface area contributed by atoms with Gasteiger partial charge >= 0.3 is 6.18 Å². The third-order valence-electron chi connectivity index (χ3n) is 6.96. The minimum atomic E-state index is -4.39. The van der Waals surface area contributed by atoms with E-state index in [4.69, 9.17) is 9.97 Å². The fourth-order valence-electron chi connectivity index (χ4n) is 4.71. The van der Waals surface area contributed by atoms with Gasteiger partial charge in [-0.15, -0.1) is 0 Å². The van der Waals surface area contributed by atoms with Gasteiger partial charge in [-0.2, -0.15) is 13.2 Å². The molecule has 0 amide bonds. The number of benzene rings is 3. The molecule has 38 heavy (non-hydrogen) atoms. The Balaban J connectivity index is 1.66. The lowest BCUT2D eigenvalue weighted by atomic mass is 10.0. The monoisotopic (exact) mass is 520 g/mol. The van der Waals surface area contributed by atoms with Crippen molar-refractivity contribution >= 4 is 16.7 Å². The summed E-state index contributed by atoms with van der Waals surface area (Å²) in [4.78, 5) is 12.2. The van der Waals surface area contributed by atoms with Crippen molar-refractivity contribution in [2.45, 2.75) is 52.8 Å². The molecule has 4 nitrogen and oxygen atoms in total. The van der Waals surface area contributed by atoms with Crippen LogP contribution >= 0.6 is 0 Å². The Hall–Kier alpha value is -3.45. The number of fused-ring (bicyclic) bond motifs is 1. The second-order valence-electron chi connectivity index (χ2n) is 9.74. The lowest BCUT2D eigenvalue weighted by molar-refractivity contribution is -0.137. The van der Waals surface area contributed by atoms with Crippen LogP contribution in [-0.2, 0) is 6.18 Å². The summed E-state index contributed by atoms with van der Waals surface area (Å²) in [7, 11) is 0. The van der Waals surface area contributed by atoms with Gasteiger partial charge in [-0.1, -0.05) is 56.3 Å². The molecule has 0 bridgehead atoms. The largest absolute Gasteiger partial charge is 0.416 e. The molecular formula is C31H35F3N4.